The van der Waals surface area contributed by atoms with Crippen molar-refractivity contribution in [3.05, 3.63) is 78.3 Å². The van der Waals surface area contributed by atoms with Crippen LogP contribution in [0.25, 0.3) is 0 Å². The van der Waals surface area contributed by atoms with Crippen molar-refractivity contribution in [1.82, 2.24) is 0 Å². The van der Waals surface area contributed by atoms with Gasteiger partial charge in [-0.15, -0.1) is 0 Å². The van der Waals surface area contributed by atoms with Crippen molar-refractivity contribution in [2.45, 2.75) is 15.5 Å². The molecule has 28 heavy (non-hydrogen) atoms. The molecule has 0 fully saturated rings. The lowest BCUT2D eigenvalue weighted by atomic mass is 10.3. The maximum atomic E-state index is 12.3. The highest BCUT2D eigenvalue weighted by Crippen LogP contribution is 2.33. The van der Waals surface area contributed by atoms with Crippen molar-refractivity contribution < 1.29 is 23.3 Å². The maximum absolute atomic E-state index is 12.3. The third-order valence-corrected chi connectivity index (χ3v) is 5.87. The van der Waals surface area contributed by atoms with E-state index in [-0.39, 0.29) is 28.9 Å². The molecule has 2 aromatic carbocycles. The first-order chi connectivity index (χ1) is 13.5. The van der Waals surface area contributed by atoms with Gasteiger partial charge in [-0.2, -0.15) is 0 Å². The summed E-state index contributed by atoms with van der Waals surface area (Å²) in [6.45, 7) is 0. The van der Waals surface area contributed by atoms with Crippen LogP contribution in [0.5, 0.6) is 0 Å². The second kappa shape index (κ2) is 9.38. The maximum Gasteiger partial charge on any atom is 0.371 e. The number of anilines is 1. The number of nitrogens with one attached hydrogen (secondary N) is 1. The first-order valence-electron chi connectivity index (χ1n) is 8.30. The van der Waals surface area contributed by atoms with Crippen molar-refractivity contribution in [2.24, 2.45) is 0 Å². The Morgan fingerprint density at radius 1 is 1.00 bits per heavy atom. The lowest BCUT2D eigenvalue weighted by Crippen LogP contribution is -2.20. The van der Waals surface area contributed by atoms with Gasteiger partial charge in [0.05, 0.1) is 11.4 Å². The fraction of sp³-hybridized carbons (Fsp3) is 0.100. The molecule has 0 saturated carbocycles. The van der Waals surface area contributed by atoms with E-state index in [1.54, 1.807) is 6.07 Å². The molecule has 0 aliphatic carbocycles. The van der Waals surface area contributed by atoms with Crippen LogP contribution in [0, 0.1) is 0 Å². The van der Waals surface area contributed by atoms with Crippen LogP contribution >= 0.6 is 11.8 Å². The van der Waals surface area contributed by atoms with Crippen LogP contribution in [0.3, 0.4) is 0 Å². The van der Waals surface area contributed by atoms with Crippen molar-refractivity contribution in [2.75, 3.05) is 11.1 Å². The number of carbonyl (C=O) groups excluding carboxylic acids is 1. The molecular formula is C20H17NO5S2. The fourth-order valence-corrected chi connectivity index (χ4v) is 4.25. The zero-order chi connectivity index (χ0) is 19.9. The molecule has 144 valence electrons. The smallest absolute Gasteiger partial charge is 0.371 e. The summed E-state index contributed by atoms with van der Waals surface area (Å²) in [7, 11) is -1.52. The van der Waals surface area contributed by atoms with E-state index in [0.29, 0.717) is 5.69 Å². The first-order valence-corrected chi connectivity index (χ1v) is 10.6. The van der Waals surface area contributed by atoms with Crippen LogP contribution in [0.15, 0.2) is 80.9 Å². The van der Waals surface area contributed by atoms with E-state index in [2.05, 4.69) is 5.32 Å². The number of hydrogen-bond donors (Lipinski definition) is 2. The molecule has 8 heteroatoms. The molecule has 0 aliphatic heterocycles. The number of para-hydroxylation sites is 1. The zero-order valence-corrected chi connectivity index (χ0v) is 16.3. The zero-order valence-electron chi connectivity index (χ0n) is 14.7. The lowest BCUT2D eigenvalue weighted by molar-refractivity contribution is -0.113. The van der Waals surface area contributed by atoms with Crippen LogP contribution in [-0.2, 0) is 21.3 Å². The quantitative estimate of drug-likeness (QED) is 0.577. The van der Waals surface area contributed by atoms with Gasteiger partial charge in [-0.25, -0.2) is 4.79 Å². The van der Waals surface area contributed by atoms with Crippen LogP contribution in [0.2, 0.25) is 0 Å². The van der Waals surface area contributed by atoms with E-state index < -0.39 is 16.8 Å². The van der Waals surface area contributed by atoms with E-state index in [1.165, 1.54) is 23.9 Å². The second-order valence-corrected chi connectivity index (χ2v) is 8.33. The number of furan rings is 1. The number of benzene rings is 2. The molecule has 0 saturated heterocycles. The topological polar surface area (TPSA) is 96.6 Å². The molecule has 0 spiro atoms. The molecule has 1 atom stereocenters. The predicted octanol–water partition coefficient (Wildman–Crippen LogP) is 4.02. The van der Waals surface area contributed by atoms with Crippen molar-refractivity contribution in [3.63, 3.8) is 0 Å². The van der Waals surface area contributed by atoms with E-state index in [0.717, 1.165) is 9.79 Å². The molecule has 3 aromatic rings. The summed E-state index contributed by atoms with van der Waals surface area (Å²) in [6.07, 6.45) is 0. The van der Waals surface area contributed by atoms with Gasteiger partial charge in [0, 0.05) is 20.6 Å². The highest BCUT2D eigenvalue weighted by molar-refractivity contribution is 7.99. The van der Waals surface area contributed by atoms with E-state index in [9.17, 15) is 13.8 Å². The average molecular weight is 415 g/mol. The Bertz CT molecular complexity index is 1000. The summed E-state index contributed by atoms with van der Waals surface area (Å²) >= 11 is 1.52. The van der Waals surface area contributed by atoms with Gasteiger partial charge in [0.25, 0.3) is 0 Å². The van der Waals surface area contributed by atoms with Gasteiger partial charge in [0.1, 0.15) is 11.5 Å². The minimum atomic E-state index is -1.52. The fourth-order valence-electron chi connectivity index (χ4n) is 2.39. The molecule has 0 aliphatic rings. The number of amides is 1. The second-order valence-electron chi connectivity index (χ2n) is 5.76. The van der Waals surface area contributed by atoms with Crippen molar-refractivity contribution in [3.8, 4) is 0 Å². The summed E-state index contributed by atoms with van der Waals surface area (Å²) in [4.78, 5) is 25.0. The van der Waals surface area contributed by atoms with Gasteiger partial charge in [-0.1, -0.05) is 42.1 Å². The highest BCUT2D eigenvalue weighted by atomic mass is 32.2. The van der Waals surface area contributed by atoms with E-state index in [1.807, 2.05) is 48.5 Å². The van der Waals surface area contributed by atoms with Gasteiger partial charge in [-0.05, 0) is 36.4 Å². The molecule has 6 nitrogen and oxygen atoms in total. The minimum Gasteiger partial charge on any atom is -0.475 e. The SMILES string of the molecule is O=C(CS(=O)Cc1ccc(C(=O)O)o1)Nc1ccccc1Sc1ccccc1. The molecular weight excluding hydrogens is 398 g/mol. The Kier molecular flexibility index (Phi) is 6.67. The summed E-state index contributed by atoms with van der Waals surface area (Å²) in [5.74, 6) is -1.77. The number of aromatic carboxylic acids is 1. The number of hydrogen-bond acceptors (Lipinski definition) is 5. The van der Waals surface area contributed by atoms with Gasteiger partial charge in [0.15, 0.2) is 0 Å². The first kappa shape index (κ1) is 19.9. The number of carboxylic acid groups (broad SMARTS) is 1. The van der Waals surface area contributed by atoms with E-state index >= 15 is 0 Å². The monoisotopic (exact) mass is 415 g/mol. The van der Waals surface area contributed by atoms with Crippen LogP contribution < -0.4 is 5.32 Å². The normalized spacial score (nSPS) is 11.7. The largest absolute Gasteiger partial charge is 0.475 e. The highest BCUT2D eigenvalue weighted by Gasteiger charge is 2.15. The molecule has 1 amide bonds. The molecule has 3 rings (SSSR count). The molecule has 0 radical (unpaired) electrons. The van der Waals surface area contributed by atoms with Gasteiger partial charge < -0.3 is 14.8 Å². The molecule has 1 unspecified atom stereocenters. The summed E-state index contributed by atoms with van der Waals surface area (Å²) in [5, 5.41) is 11.6. The van der Waals surface area contributed by atoms with Crippen LogP contribution in [-0.4, -0.2) is 26.9 Å². The predicted molar refractivity (Wildman–Crippen MR) is 108 cm³/mol. The Balaban J connectivity index is 1.60. The van der Waals surface area contributed by atoms with E-state index in [4.69, 9.17) is 9.52 Å². The number of rotatable bonds is 8. The Morgan fingerprint density at radius 2 is 1.71 bits per heavy atom. The summed E-state index contributed by atoms with van der Waals surface area (Å²) in [6, 6.07) is 19.9. The third-order valence-electron chi connectivity index (χ3n) is 3.60. The summed E-state index contributed by atoms with van der Waals surface area (Å²) in [5.41, 5.74) is 0.643. The molecule has 1 heterocycles. The van der Waals surface area contributed by atoms with Crippen LogP contribution in [0.4, 0.5) is 5.69 Å². The number of carboxylic acids is 1. The van der Waals surface area contributed by atoms with Crippen LogP contribution in [0.1, 0.15) is 16.3 Å². The number of carbonyl (C=O) groups is 2. The van der Waals surface area contributed by atoms with Crippen molar-refractivity contribution in [1.29, 1.82) is 0 Å². The third kappa shape index (κ3) is 5.58. The molecule has 2 N–H and O–H groups in total. The minimum absolute atomic E-state index is 0.0267. The van der Waals surface area contributed by atoms with Gasteiger partial charge >= 0.3 is 5.97 Å². The Labute approximate surface area is 168 Å². The average Bonchev–Trinajstić information content (AvgIpc) is 3.13. The van der Waals surface area contributed by atoms with Gasteiger partial charge in [0.2, 0.25) is 11.7 Å². The van der Waals surface area contributed by atoms with Crippen molar-refractivity contribution >= 4 is 40.1 Å². The molecule has 1 aromatic heterocycles. The molecule has 0 bridgehead atoms. The standard InChI is InChI=1S/C20H17NO5S2/c22-19(13-28(25)12-14-10-11-17(26-14)20(23)24)21-16-8-4-5-9-18(16)27-15-6-2-1-3-7-15/h1-11H,12-13H2,(H,21,22)(H,23,24). The Morgan fingerprint density at radius 3 is 2.43 bits per heavy atom. The summed E-state index contributed by atoms with van der Waals surface area (Å²) < 4.78 is 17.3. The Hall–Kier alpha value is -2.84. The lowest BCUT2D eigenvalue weighted by Gasteiger charge is -2.10. The van der Waals surface area contributed by atoms with Gasteiger partial charge in [-0.3, -0.25) is 9.00 Å².